The molecule has 0 aromatic carbocycles. The van der Waals surface area contributed by atoms with Crippen molar-refractivity contribution in [2.75, 3.05) is 19.7 Å². The monoisotopic (exact) mass is 263 g/mol. The lowest BCUT2D eigenvalue weighted by molar-refractivity contribution is -0.128. The van der Waals surface area contributed by atoms with Crippen LogP contribution in [-0.4, -0.2) is 36.7 Å². The second-order valence-corrected chi connectivity index (χ2v) is 4.80. The predicted molar refractivity (Wildman–Crippen MR) is 72.6 cm³/mol. The molecule has 1 aliphatic rings. The van der Waals surface area contributed by atoms with Crippen molar-refractivity contribution < 1.29 is 9.53 Å². The van der Waals surface area contributed by atoms with E-state index in [9.17, 15) is 4.79 Å². The lowest BCUT2D eigenvalue weighted by Gasteiger charge is -2.23. The molecule has 1 amide bonds. The normalized spacial score (nSPS) is 17.9. The Bertz CT molecular complexity index is 391. The summed E-state index contributed by atoms with van der Waals surface area (Å²) in [6.07, 6.45) is 3.88. The summed E-state index contributed by atoms with van der Waals surface area (Å²) in [5, 5.41) is 6.16. The molecule has 2 heterocycles. The van der Waals surface area contributed by atoms with E-state index in [0.29, 0.717) is 0 Å². The first kappa shape index (κ1) is 14.0. The Labute approximate surface area is 113 Å². The summed E-state index contributed by atoms with van der Waals surface area (Å²) in [5.74, 6) is -0.0864. The molecule has 5 nitrogen and oxygen atoms in total. The van der Waals surface area contributed by atoms with Gasteiger partial charge in [-0.2, -0.15) is 0 Å². The number of aromatic nitrogens is 1. The maximum absolute atomic E-state index is 11.8. The number of carbonyl (C=O) groups excluding carboxylic acids is 1. The summed E-state index contributed by atoms with van der Waals surface area (Å²) < 4.78 is 5.61. The third kappa shape index (κ3) is 4.61. The first-order chi connectivity index (χ1) is 9.25. The number of pyridine rings is 1. The van der Waals surface area contributed by atoms with Crippen LogP contribution in [0.3, 0.4) is 0 Å². The SMILES string of the molecule is C[C@@H](NC(=O)COC1CCNCC1)c1ccccn1. The zero-order valence-corrected chi connectivity index (χ0v) is 11.3. The number of piperidine rings is 1. The highest BCUT2D eigenvalue weighted by atomic mass is 16.5. The molecular formula is C14H21N3O2. The summed E-state index contributed by atoms with van der Waals surface area (Å²) in [6, 6.07) is 5.58. The summed E-state index contributed by atoms with van der Waals surface area (Å²) in [5.41, 5.74) is 0.859. The molecule has 1 aromatic rings. The number of amides is 1. The van der Waals surface area contributed by atoms with Gasteiger partial charge in [-0.1, -0.05) is 6.07 Å². The Morgan fingerprint density at radius 3 is 3.00 bits per heavy atom. The van der Waals surface area contributed by atoms with Gasteiger partial charge < -0.3 is 15.4 Å². The molecule has 1 aromatic heterocycles. The highest BCUT2D eigenvalue weighted by molar-refractivity contribution is 5.77. The van der Waals surface area contributed by atoms with Gasteiger partial charge in [0.1, 0.15) is 6.61 Å². The summed E-state index contributed by atoms with van der Waals surface area (Å²) >= 11 is 0. The van der Waals surface area contributed by atoms with Crippen LogP contribution < -0.4 is 10.6 Å². The number of nitrogens with one attached hydrogen (secondary N) is 2. The van der Waals surface area contributed by atoms with Crippen LogP contribution >= 0.6 is 0 Å². The third-order valence-corrected chi connectivity index (χ3v) is 3.25. The van der Waals surface area contributed by atoms with Gasteiger partial charge in [0.15, 0.2) is 0 Å². The molecule has 2 rings (SSSR count). The molecule has 1 fully saturated rings. The average molecular weight is 263 g/mol. The fourth-order valence-electron chi connectivity index (χ4n) is 2.14. The van der Waals surface area contributed by atoms with Crippen LogP contribution in [0.4, 0.5) is 0 Å². The van der Waals surface area contributed by atoms with E-state index < -0.39 is 0 Å². The third-order valence-electron chi connectivity index (χ3n) is 3.25. The second-order valence-electron chi connectivity index (χ2n) is 4.80. The molecule has 5 heteroatoms. The topological polar surface area (TPSA) is 63.2 Å². The van der Waals surface area contributed by atoms with E-state index in [-0.39, 0.29) is 24.7 Å². The van der Waals surface area contributed by atoms with Crippen molar-refractivity contribution in [2.24, 2.45) is 0 Å². The second kappa shape index (κ2) is 7.21. The van der Waals surface area contributed by atoms with Crippen LogP contribution in [0.2, 0.25) is 0 Å². The van der Waals surface area contributed by atoms with Crippen LogP contribution in [0.1, 0.15) is 31.5 Å². The number of carbonyl (C=O) groups is 1. The largest absolute Gasteiger partial charge is 0.368 e. The van der Waals surface area contributed by atoms with E-state index >= 15 is 0 Å². The minimum Gasteiger partial charge on any atom is -0.368 e. The zero-order chi connectivity index (χ0) is 13.5. The van der Waals surface area contributed by atoms with Crippen molar-refractivity contribution in [2.45, 2.75) is 31.9 Å². The van der Waals surface area contributed by atoms with Crippen LogP contribution in [0, 0.1) is 0 Å². The maximum Gasteiger partial charge on any atom is 0.246 e. The smallest absolute Gasteiger partial charge is 0.246 e. The number of rotatable bonds is 5. The Balaban J connectivity index is 1.71. The first-order valence-corrected chi connectivity index (χ1v) is 6.78. The molecule has 1 aliphatic heterocycles. The molecule has 0 bridgehead atoms. The van der Waals surface area contributed by atoms with Gasteiger partial charge in [-0.3, -0.25) is 9.78 Å². The van der Waals surface area contributed by atoms with E-state index in [0.717, 1.165) is 31.6 Å². The van der Waals surface area contributed by atoms with Gasteiger partial charge in [-0.05, 0) is 45.0 Å². The maximum atomic E-state index is 11.8. The van der Waals surface area contributed by atoms with Crippen molar-refractivity contribution in [3.05, 3.63) is 30.1 Å². The molecular weight excluding hydrogens is 242 g/mol. The van der Waals surface area contributed by atoms with Gasteiger partial charge in [-0.15, -0.1) is 0 Å². The Morgan fingerprint density at radius 2 is 2.32 bits per heavy atom. The highest BCUT2D eigenvalue weighted by Gasteiger charge is 2.16. The number of hydrogen-bond donors (Lipinski definition) is 2. The van der Waals surface area contributed by atoms with E-state index in [1.54, 1.807) is 6.20 Å². The van der Waals surface area contributed by atoms with Crippen molar-refractivity contribution in [3.63, 3.8) is 0 Å². The van der Waals surface area contributed by atoms with Gasteiger partial charge in [0.2, 0.25) is 5.91 Å². The van der Waals surface area contributed by atoms with Gasteiger partial charge in [0.05, 0.1) is 17.8 Å². The molecule has 1 saturated heterocycles. The number of ether oxygens (including phenoxy) is 1. The Hall–Kier alpha value is -1.46. The van der Waals surface area contributed by atoms with Crippen molar-refractivity contribution in [3.8, 4) is 0 Å². The molecule has 1 atom stereocenters. The molecule has 104 valence electrons. The van der Waals surface area contributed by atoms with E-state index in [2.05, 4.69) is 15.6 Å². The van der Waals surface area contributed by atoms with Crippen LogP contribution in [0.15, 0.2) is 24.4 Å². The molecule has 0 spiro atoms. The lowest BCUT2D eigenvalue weighted by Crippen LogP contribution is -2.36. The van der Waals surface area contributed by atoms with E-state index in [4.69, 9.17) is 4.74 Å². The van der Waals surface area contributed by atoms with Gasteiger partial charge >= 0.3 is 0 Å². The number of hydrogen-bond acceptors (Lipinski definition) is 4. The quantitative estimate of drug-likeness (QED) is 0.833. The van der Waals surface area contributed by atoms with Gasteiger partial charge in [0, 0.05) is 6.20 Å². The highest BCUT2D eigenvalue weighted by Crippen LogP contribution is 2.09. The minimum atomic E-state index is -0.0923. The molecule has 19 heavy (non-hydrogen) atoms. The molecule has 2 N–H and O–H groups in total. The van der Waals surface area contributed by atoms with Crippen LogP contribution in [-0.2, 0) is 9.53 Å². The zero-order valence-electron chi connectivity index (χ0n) is 11.3. The van der Waals surface area contributed by atoms with Crippen molar-refractivity contribution in [1.82, 2.24) is 15.6 Å². The minimum absolute atomic E-state index is 0.0864. The number of nitrogens with zero attached hydrogens (tertiary/aromatic N) is 1. The summed E-state index contributed by atoms with van der Waals surface area (Å²) in [6.45, 7) is 3.99. The summed E-state index contributed by atoms with van der Waals surface area (Å²) in [4.78, 5) is 16.0. The lowest BCUT2D eigenvalue weighted by atomic mass is 10.1. The van der Waals surface area contributed by atoms with Crippen molar-refractivity contribution >= 4 is 5.91 Å². The fraction of sp³-hybridized carbons (Fsp3) is 0.571. The molecule has 0 unspecified atom stereocenters. The summed E-state index contributed by atoms with van der Waals surface area (Å²) in [7, 11) is 0. The molecule has 0 saturated carbocycles. The van der Waals surface area contributed by atoms with Crippen LogP contribution in [0.5, 0.6) is 0 Å². The fourth-order valence-corrected chi connectivity index (χ4v) is 2.14. The standard InChI is InChI=1S/C14H21N3O2/c1-11(13-4-2-3-7-16-13)17-14(18)10-19-12-5-8-15-9-6-12/h2-4,7,11-12,15H,5-6,8-10H2,1H3,(H,17,18)/t11-/m1/s1. The predicted octanol–water partition coefficient (Wildman–Crippen LogP) is 1.03. The Morgan fingerprint density at radius 1 is 1.53 bits per heavy atom. The van der Waals surface area contributed by atoms with Crippen LogP contribution in [0.25, 0.3) is 0 Å². The molecule has 0 aliphatic carbocycles. The Kier molecular flexibility index (Phi) is 5.30. The van der Waals surface area contributed by atoms with Gasteiger partial charge in [0.25, 0.3) is 0 Å². The van der Waals surface area contributed by atoms with E-state index in [1.807, 2.05) is 25.1 Å². The first-order valence-electron chi connectivity index (χ1n) is 6.78. The van der Waals surface area contributed by atoms with Gasteiger partial charge in [-0.25, -0.2) is 0 Å². The molecule has 0 radical (unpaired) electrons. The average Bonchev–Trinajstić information content (AvgIpc) is 2.47. The van der Waals surface area contributed by atoms with E-state index in [1.165, 1.54) is 0 Å². The van der Waals surface area contributed by atoms with Crippen molar-refractivity contribution in [1.29, 1.82) is 0 Å².